The van der Waals surface area contributed by atoms with Crippen LogP contribution in [0, 0.1) is 0 Å². The molecule has 1 atom stereocenters. The lowest BCUT2D eigenvalue weighted by molar-refractivity contribution is 0.0688. The maximum absolute atomic E-state index is 13.3. The van der Waals surface area contributed by atoms with Crippen LogP contribution in [0.15, 0.2) is 42.5 Å². The van der Waals surface area contributed by atoms with Gasteiger partial charge in [-0.1, -0.05) is 23.7 Å². The summed E-state index contributed by atoms with van der Waals surface area (Å²) in [6, 6.07) is 13.7. The monoisotopic (exact) mass is 407 g/mol. The Morgan fingerprint density at radius 3 is 2.66 bits per heavy atom. The van der Waals surface area contributed by atoms with Crippen LogP contribution in [-0.4, -0.2) is 43.0 Å². The SMILES string of the molecule is Cn1c(C(=O)N2CCC[C@@H](c3nc4ccccc4n3C)C2)nc2cc(Cl)ccc21. The Kier molecular flexibility index (Phi) is 4.32. The van der Waals surface area contributed by atoms with E-state index < -0.39 is 0 Å². The first-order chi connectivity index (χ1) is 14.0. The zero-order valence-corrected chi connectivity index (χ0v) is 17.2. The molecule has 1 aliphatic rings. The number of hydrogen-bond acceptors (Lipinski definition) is 3. The molecule has 0 saturated carbocycles. The minimum Gasteiger partial charge on any atom is -0.335 e. The van der Waals surface area contributed by atoms with E-state index >= 15 is 0 Å². The highest BCUT2D eigenvalue weighted by Gasteiger charge is 2.30. The number of imidazole rings is 2. The van der Waals surface area contributed by atoms with Crippen LogP contribution in [0.4, 0.5) is 0 Å². The lowest BCUT2D eigenvalue weighted by Gasteiger charge is -2.32. The number of fused-ring (bicyclic) bond motifs is 2. The minimum absolute atomic E-state index is 0.0386. The molecule has 2 aromatic heterocycles. The number of aryl methyl sites for hydroxylation is 2. The van der Waals surface area contributed by atoms with Gasteiger partial charge in [0.1, 0.15) is 5.82 Å². The number of rotatable bonds is 2. The molecule has 1 fully saturated rings. The highest BCUT2D eigenvalue weighted by molar-refractivity contribution is 6.31. The smallest absolute Gasteiger partial charge is 0.289 e. The van der Waals surface area contributed by atoms with Crippen LogP contribution in [-0.2, 0) is 14.1 Å². The fraction of sp³-hybridized carbons (Fsp3) is 0.318. The molecule has 0 spiro atoms. The topological polar surface area (TPSA) is 56.0 Å². The molecule has 0 N–H and O–H groups in total. The van der Waals surface area contributed by atoms with Crippen molar-refractivity contribution in [3.8, 4) is 0 Å². The van der Waals surface area contributed by atoms with E-state index in [9.17, 15) is 4.79 Å². The van der Waals surface area contributed by atoms with Gasteiger partial charge in [0.25, 0.3) is 5.91 Å². The molecule has 1 aliphatic heterocycles. The number of carbonyl (C=O) groups excluding carboxylic acids is 1. The van der Waals surface area contributed by atoms with E-state index in [1.165, 1.54) is 0 Å². The largest absolute Gasteiger partial charge is 0.335 e. The number of aromatic nitrogens is 4. The molecule has 5 rings (SSSR count). The summed E-state index contributed by atoms with van der Waals surface area (Å²) in [5.74, 6) is 1.67. The van der Waals surface area contributed by atoms with E-state index in [1.54, 1.807) is 6.07 Å². The Balaban J connectivity index is 1.45. The molecule has 7 heteroatoms. The lowest BCUT2D eigenvalue weighted by atomic mass is 9.97. The van der Waals surface area contributed by atoms with Crippen molar-refractivity contribution in [1.82, 2.24) is 24.0 Å². The number of halogens is 1. The summed E-state index contributed by atoms with van der Waals surface area (Å²) in [4.78, 5) is 24.6. The van der Waals surface area contributed by atoms with E-state index in [0.717, 1.165) is 47.3 Å². The first kappa shape index (κ1) is 18.2. The molecule has 3 heterocycles. The maximum atomic E-state index is 13.3. The van der Waals surface area contributed by atoms with Crippen LogP contribution < -0.4 is 0 Å². The van der Waals surface area contributed by atoms with Gasteiger partial charge in [0.05, 0.1) is 22.1 Å². The van der Waals surface area contributed by atoms with Crippen LogP contribution in [0.5, 0.6) is 0 Å². The molecule has 1 saturated heterocycles. The summed E-state index contributed by atoms with van der Waals surface area (Å²) in [5, 5.41) is 0.620. The van der Waals surface area contributed by atoms with Gasteiger partial charge in [-0.25, -0.2) is 9.97 Å². The summed E-state index contributed by atoms with van der Waals surface area (Å²) >= 11 is 6.09. The van der Waals surface area contributed by atoms with Gasteiger partial charge in [0.2, 0.25) is 0 Å². The van der Waals surface area contributed by atoms with E-state index in [1.807, 2.05) is 46.8 Å². The summed E-state index contributed by atoms with van der Waals surface area (Å²) in [7, 11) is 3.93. The van der Waals surface area contributed by atoms with Gasteiger partial charge in [0, 0.05) is 38.1 Å². The molecule has 4 aromatic rings. The molecule has 0 radical (unpaired) electrons. The molecule has 1 amide bonds. The number of nitrogens with zero attached hydrogens (tertiary/aromatic N) is 5. The van der Waals surface area contributed by atoms with Crippen molar-refractivity contribution in [2.24, 2.45) is 14.1 Å². The van der Waals surface area contributed by atoms with Gasteiger partial charge in [-0.3, -0.25) is 4.79 Å². The molecular weight excluding hydrogens is 386 g/mol. The number of para-hydroxylation sites is 2. The Morgan fingerprint density at radius 1 is 1.03 bits per heavy atom. The van der Waals surface area contributed by atoms with Crippen LogP contribution >= 0.6 is 11.6 Å². The predicted octanol–water partition coefficient (Wildman–Crippen LogP) is 4.13. The Bertz CT molecular complexity index is 1240. The number of amides is 1. The Hall–Kier alpha value is -2.86. The van der Waals surface area contributed by atoms with Crippen molar-refractivity contribution >= 4 is 39.6 Å². The van der Waals surface area contributed by atoms with E-state index in [4.69, 9.17) is 16.6 Å². The molecular formula is C22H22ClN5O. The minimum atomic E-state index is -0.0386. The number of hydrogen-bond donors (Lipinski definition) is 0. The molecule has 29 heavy (non-hydrogen) atoms. The van der Waals surface area contributed by atoms with Gasteiger partial charge in [0.15, 0.2) is 5.82 Å². The quantitative estimate of drug-likeness (QED) is 0.502. The third-order valence-electron chi connectivity index (χ3n) is 5.93. The predicted molar refractivity (Wildman–Crippen MR) is 114 cm³/mol. The molecule has 0 aliphatic carbocycles. The van der Waals surface area contributed by atoms with Crippen LogP contribution in [0.3, 0.4) is 0 Å². The number of piperidine rings is 1. The lowest BCUT2D eigenvalue weighted by Crippen LogP contribution is -2.40. The van der Waals surface area contributed by atoms with Crippen LogP contribution in [0.25, 0.3) is 22.1 Å². The number of benzene rings is 2. The first-order valence-electron chi connectivity index (χ1n) is 9.85. The maximum Gasteiger partial charge on any atom is 0.289 e. The third-order valence-corrected chi connectivity index (χ3v) is 6.16. The average Bonchev–Trinajstić information content (AvgIpc) is 3.25. The summed E-state index contributed by atoms with van der Waals surface area (Å²) in [6.45, 7) is 1.39. The normalized spacial score (nSPS) is 17.3. The molecule has 148 valence electrons. The highest BCUT2D eigenvalue weighted by Crippen LogP contribution is 2.29. The van der Waals surface area contributed by atoms with E-state index in [0.29, 0.717) is 17.4 Å². The molecule has 0 bridgehead atoms. The van der Waals surface area contributed by atoms with Gasteiger partial charge >= 0.3 is 0 Å². The van der Waals surface area contributed by atoms with E-state index in [2.05, 4.69) is 22.7 Å². The average molecular weight is 408 g/mol. The number of carbonyl (C=O) groups is 1. The standard InChI is InChI=1S/C22H22ClN5O/c1-26-18-8-4-3-7-16(18)24-20(26)14-6-5-11-28(13-14)22(29)21-25-17-12-15(23)9-10-19(17)27(21)2/h3-4,7-10,12,14H,5-6,11,13H2,1-2H3/t14-/m1/s1. The second kappa shape index (κ2) is 6.88. The second-order valence-electron chi connectivity index (χ2n) is 7.74. The third kappa shape index (κ3) is 2.99. The van der Waals surface area contributed by atoms with Crippen molar-refractivity contribution in [3.63, 3.8) is 0 Å². The van der Waals surface area contributed by atoms with Crippen LogP contribution in [0.1, 0.15) is 35.2 Å². The molecule has 2 aromatic carbocycles. The second-order valence-corrected chi connectivity index (χ2v) is 8.17. The Morgan fingerprint density at radius 2 is 1.83 bits per heavy atom. The van der Waals surface area contributed by atoms with Gasteiger partial charge < -0.3 is 14.0 Å². The molecule has 6 nitrogen and oxygen atoms in total. The van der Waals surface area contributed by atoms with Gasteiger partial charge in [-0.2, -0.15) is 0 Å². The van der Waals surface area contributed by atoms with Gasteiger partial charge in [-0.15, -0.1) is 0 Å². The van der Waals surface area contributed by atoms with Gasteiger partial charge in [-0.05, 0) is 43.2 Å². The van der Waals surface area contributed by atoms with Crippen molar-refractivity contribution in [1.29, 1.82) is 0 Å². The van der Waals surface area contributed by atoms with E-state index in [-0.39, 0.29) is 11.8 Å². The number of likely N-dealkylation sites (tertiary alicyclic amines) is 1. The zero-order chi connectivity index (χ0) is 20.1. The van der Waals surface area contributed by atoms with Crippen molar-refractivity contribution in [2.75, 3.05) is 13.1 Å². The van der Waals surface area contributed by atoms with Crippen molar-refractivity contribution in [3.05, 3.63) is 59.1 Å². The summed E-state index contributed by atoms with van der Waals surface area (Å²) in [6.07, 6.45) is 1.98. The first-order valence-corrected chi connectivity index (χ1v) is 10.2. The van der Waals surface area contributed by atoms with Crippen molar-refractivity contribution in [2.45, 2.75) is 18.8 Å². The molecule has 0 unspecified atom stereocenters. The highest BCUT2D eigenvalue weighted by atomic mass is 35.5. The van der Waals surface area contributed by atoms with Crippen LogP contribution in [0.2, 0.25) is 5.02 Å². The fourth-order valence-electron chi connectivity index (χ4n) is 4.41. The zero-order valence-electron chi connectivity index (χ0n) is 16.5. The Labute approximate surface area is 173 Å². The fourth-order valence-corrected chi connectivity index (χ4v) is 4.57. The summed E-state index contributed by atoms with van der Waals surface area (Å²) in [5.41, 5.74) is 3.77. The summed E-state index contributed by atoms with van der Waals surface area (Å²) < 4.78 is 4.01. The van der Waals surface area contributed by atoms with Crippen molar-refractivity contribution < 1.29 is 4.79 Å².